The maximum Gasteiger partial charge on any atom is 0.254 e. The molecule has 0 aliphatic carbocycles. The molecule has 1 aliphatic rings. The van der Waals surface area contributed by atoms with E-state index in [0.29, 0.717) is 5.56 Å². The van der Waals surface area contributed by atoms with Crippen LogP contribution < -0.4 is 10.2 Å². The lowest BCUT2D eigenvalue weighted by molar-refractivity contribution is 0.0952. The molecule has 1 fully saturated rings. The van der Waals surface area contributed by atoms with Crippen LogP contribution >= 0.6 is 0 Å². The Morgan fingerprint density at radius 2 is 2.00 bits per heavy atom. The maximum atomic E-state index is 11.9. The fourth-order valence-electron chi connectivity index (χ4n) is 3.36. The van der Waals surface area contributed by atoms with Crippen molar-refractivity contribution >= 4 is 11.6 Å². The number of hydrogen-bond donors (Lipinski definition) is 1. The van der Waals surface area contributed by atoms with E-state index in [1.165, 1.54) is 11.3 Å². The Balaban J connectivity index is 1.30. The molecule has 0 atom stereocenters. The highest BCUT2D eigenvalue weighted by atomic mass is 16.1. The molecule has 1 saturated heterocycles. The number of carbonyl (C=O) groups is 1. The number of nitrogens with zero attached hydrogens (tertiary/aromatic N) is 4. The number of anilines is 1. The number of benzene rings is 1. The quantitative estimate of drug-likeness (QED) is 0.773. The summed E-state index contributed by atoms with van der Waals surface area (Å²) in [6.45, 7) is 8.35. The highest BCUT2D eigenvalue weighted by molar-refractivity contribution is 5.93. The molecule has 1 amide bonds. The first-order chi connectivity index (χ1) is 12.6. The van der Waals surface area contributed by atoms with Gasteiger partial charge in [0.1, 0.15) is 0 Å². The third kappa shape index (κ3) is 5.08. The molecule has 26 heavy (non-hydrogen) atoms. The van der Waals surface area contributed by atoms with E-state index in [4.69, 9.17) is 0 Å². The van der Waals surface area contributed by atoms with Crippen LogP contribution in [-0.4, -0.2) is 59.9 Å². The summed E-state index contributed by atoms with van der Waals surface area (Å²) in [5, 5.41) is 6.99. The van der Waals surface area contributed by atoms with Gasteiger partial charge in [0.05, 0.1) is 11.8 Å². The average Bonchev–Trinajstić information content (AvgIpc) is 3.08. The zero-order valence-electron chi connectivity index (χ0n) is 15.8. The van der Waals surface area contributed by atoms with Crippen molar-refractivity contribution in [3.8, 4) is 0 Å². The van der Waals surface area contributed by atoms with Crippen LogP contribution in [0.25, 0.3) is 0 Å². The lowest BCUT2D eigenvalue weighted by atomic mass is 10.2. The number of unbranched alkanes of at least 4 members (excludes halogenated alkanes) is 1. The van der Waals surface area contributed by atoms with Crippen LogP contribution in [0.2, 0.25) is 0 Å². The molecule has 0 saturated carbocycles. The van der Waals surface area contributed by atoms with Crippen LogP contribution in [0.1, 0.15) is 28.8 Å². The Morgan fingerprint density at radius 3 is 2.69 bits per heavy atom. The van der Waals surface area contributed by atoms with Crippen LogP contribution in [0.15, 0.2) is 36.7 Å². The maximum absolute atomic E-state index is 11.9. The van der Waals surface area contributed by atoms with Crippen molar-refractivity contribution in [2.75, 3.05) is 44.2 Å². The van der Waals surface area contributed by atoms with Gasteiger partial charge in [0.2, 0.25) is 0 Å². The van der Waals surface area contributed by atoms with Gasteiger partial charge in [-0.05, 0) is 44.0 Å². The zero-order chi connectivity index (χ0) is 18.4. The Bertz CT molecular complexity index is 718. The van der Waals surface area contributed by atoms with Crippen molar-refractivity contribution in [2.45, 2.75) is 19.8 Å². The second-order valence-electron chi connectivity index (χ2n) is 7.03. The molecule has 0 unspecified atom stereocenters. The number of aryl methyl sites for hydroxylation is 2. The van der Waals surface area contributed by atoms with Crippen molar-refractivity contribution in [1.82, 2.24) is 20.0 Å². The van der Waals surface area contributed by atoms with Crippen LogP contribution in [0.4, 0.5) is 5.69 Å². The van der Waals surface area contributed by atoms with Gasteiger partial charge in [0.15, 0.2) is 0 Å². The minimum absolute atomic E-state index is 0.0372. The van der Waals surface area contributed by atoms with Crippen molar-refractivity contribution in [2.24, 2.45) is 7.05 Å². The summed E-state index contributed by atoms with van der Waals surface area (Å²) in [6.07, 6.45) is 5.45. The average molecular weight is 355 g/mol. The number of aromatic nitrogens is 2. The summed E-state index contributed by atoms with van der Waals surface area (Å²) in [7, 11) is 1.81. The second-order valence-corrected chi connectivity index (χ2v) is 7.03. The predicted octanol–water partition coefficient (Wildman–Crippen LogP) is 2.06. The van der Waals surface area contributed by atoms with Gasteiger partial charge < -0.3 is 10.2 Å². The molecule has 2 heterocycles. The molecule has 6 nitrogen and oxygen atoms in total. The van der Waals surface area contributed by atoms with Crippen LogP contribution in [0.5, 0.6) is 0 Å². The minimum atomic E-state index is -0.0372. The zero-order valence-corrected chi connectivity index (χ0v) is 15.8. The van der Waals surface area contributed by atoms with E-state index < -0.39 is 0 Å². The Hall–Kier alpha value is -2.34. The van der Waals surface area contributed by atoms with E-state index in [-0.39, 0.29) is 5.91 Å². The van der Waals surface area contributed by atoms with Crippen molar-refractivity contribution in [1.29, 1.82) is 0 Å². The number of nitrogens with one attached hydrogen (secondary N) is 1. The Labute approximate surface area is 155 Å². The summed E-state index contributed by atoms with van der Waals surface area (Å²) in [4.78, 5) is 16.9. The van der Waals surface area contributed by atoms with Gasteiger partial charge >= 0.3 is 0 Å². The predicted molar refractivity (Wildman–Crippen MR) is 105 cm³/mol. The number of piperazine rings is 1. The molecule has 3 rings (SSSR count). The lowest BCUT2D eigenvalue weighted by Crippen LogP contribution is -2.46. The van der Waals surface area contributed by atoms with Crippen molar-refractivity contribution in [3.63, 3.8) is 0 Å². The minimum Gasteiger partial charge on any atom is -0.369 e. The van der Waals surface area contributed by atoms with Gasteiger partial charge in [-0.25, -0.2) is 0 Å². The molecular weight excluding hydrogens is 326 g/mol. The summed E-state index contributed by atoms with van der Waals surface area (Å²) >= 11 is 0. The fourth-order valence-corrected chi connectivity index (χ4v) is 3.36. The van der Waals surface area contributed by atoms with Gasteiger partial charge in [-0.1, -0.05) is 12.1 Å². The summed E-state index contributed by atoms with van der Waals surface area (Å²) < 4.78 is 1.64. The first-order valence-electron chi connectivity index (χ1n) is 9.42. The molecule has 1 N–H and O–H groups in total. The Morgan fingerprint density at radius 1 is 1.19 bits per heavy atom. The monoisotopic (exact) mass is 355 g/mol. The number of hydrogen-bond acceptors (Lipinski definition) is 4. The topological polar surface area (TPSA) is 53.4 Å². The van der Waals surface area contributed by atoms with Crippen LogP contribution in [0.3, 0.4) is 0 Å². The van der Waals surface area contributed by atoms with Gasteiger partial charge in [-0.15, -0.1) is 0 Å². The summed E-state index contributed by atoms with van der Waals surface area (Å²) in [6, 6.07) is 8.75. The third-order valence-electron chi connectivity index (χ3n) is 4.89. The highest BCUT2D eigenvalue weighted by Gasteiger charge is 2.16. The van der Waals surface area contributed by atoms with Crippen molar-refractivity contribution in [3.05, 3.63) is 47.8 Å². The molecule has 0 bridgehead atoms. The standard InChI is InChI=1S/C20H29N5O/c1-17-6-5-7-19(14-17)25-12-10-24(11-13-25)9-4-3-8-21-20(26)18-15-22-23(2)16-18/h5-7,14-16H,3-4,8-13H2,1-2H3,(H,21,26). The smallest absolute Gasteiger partial charge is 0.254 e. The fraction of sp³-hybridized carbons (Fsp3) is 0.500. The molecule has 2 aromatic rings. The first-order valence-corrected chi connectivity index (χ1v) is 9.42. The SMILES string of the molecule is Cc1cccc(N2CCN(CCCCNC(=O)c3cnn(C)c3)CC2)c1. The number of amides is 1. The molecule has 1 aromatic carbocycles. The van der Waals surface area contributed by atoms with Gasteiger partial charge in [0.25, 0.3) is 5.91 Å². The van der Waals surface area contributed by atoms with Crippen LogP contribution in [-0.2, 0) is 7.05 Å². The molecule has 0 spiro atoms. The molecule has 6 heteroatoms. The van der Waals surface area contributed by atoms with Gasteiger partial charge in [-0.3, -0.25) is 14.4 Å². The normalized spacial score (nSPS) is 15.2. The second kappa shape index (κ2) is 8.85. The van der Waals surface area contributed by atoms with E-state index in [1.54, 1.807) is 17.1 Å². The van der Waals surface area contributed by atoms with Crippen molar-refractivity contribution < 1.29 is 4.79 Å². The van der Waals surface area contributed by atoms with Gasteiger partial charge in [0, 0.05) is 51.7 Å². The molecular formula is C20H29N5O. The van der Waals surface area contributed by atoms with E-state index >= 15 is 0 Å². The molecule has 1 aliphatic heterocycles. The van der Waals surface area contributed by atoms with E-state index in [1.807, 2.05) is 7.05 Å². The first kappa shape index (κ1) is 18.5. The molecule has 140 valence electrons. The largest absolute Gasteiger partial charge is 0.369 e. The van der Waals surface area contributed by atoms with Crippen LogP contribution in [0, 0.1) is 6.92 Å². The summed E-state index contributed by atoms with van der Waals surface area (Å²) in [5.74, 6) is -0.0372. The lowest BCUT2D eigenvalue weighted by Gasteiger charge is -2.36. The number of carbonyl (C=O) groups excluding carboxylic acids is 1. The Kier molecular flexibility index (Phi) is 6.28. The van der Waals surface area contributed by atoms with Gasteiger partial charge in [-0.2, -0.15) is 5.10 Å². The van der Waals surface area contributed by atoms with E-state index in [0.717, 1.165) is 52.1 Å². The molecule has 1 aromatic heterocycles. The van der Waals surface area contributed by atoms with E-state index in [9.17, 15) is 4.79 Å². The number of rotatable bonds is 7. The summed E-state index contributed by atoms with van der Waals surface area (Å²) in [5.41, 5.74) is 3.28. The third-order valence-corrected chi connectivity index (χ3v) is 4.89. The molecule has 0 radical (unpaired) electrons. The van der Waals surface area contributed by atoms with E-state index in [2.05, 4.69) is 51.4 Å². The highest BCUT2D eigenvalue weighted by Crippen LogP contribution is 2.17.